The van der Waals surface area contributed by atoms with Crippen LogP contribution >= 0.6 is 0 Å². The summed E-state index contributed by atoms with van der Waals surface area (Å²) >= 11 is 0. The van der Waals surface area contributed by atoms with Crippen LogP contribution in [0.1, 0.15) is 24.1 Å². The van der Waals surface area contributed by atoms with E-state index in [0.29, 0.717) is 0 Å². The number of aromatic amines is 1. The van der Waals surface area contributed by atoms with Crippen LogP contribution in [0.5, 0.6) is 0 Å². The molecule has 3 heterocycles. The summed E-state index contributed by atoms with van der Waals surface area (Å²) in [5.41, 5.74) is 6.01. The number of nitrogens with one attached hydrogen (secondary N) is 2. The van der Waals surface area contributed by atoms with E-state index in [4.69, 9.17) is 0 Å². The molecule has 1 aliphatic heterocycles. The lowest BCUT2D eigenvalue weighted by atomic mass is 10.1. The Hall–Kier alpha value is -2.38. The maximum absolute atomic E-state index is 3.71. The van der Waals surface area contributed by atoms with Gasteiger partial charge in [0.1, 0.15) is 7.05 Å². The number of fused-ring (bicyclic) bond motifs is 2. The van der Waals surface area contributed by atoms with Crippen molar-refractivity contribution in [1.82, 2.24) is 9.88 Å². The van der Waals surface area contributed by atoms with Crippen LogP contribution in [-0.4, -0.2) is 36.1 Å². The molecule has 5 rings (SSSR count). The van der Waals surface area contributed by atoms with E-state index in [-0.39, 0.29) is 24.0 Å². The quantitative estimate of drug-likeness (QED) is 0.298. The number of aryl methyl sites for hydroxylation is 1. The monoisotopic (exact) mass is 524 g/mol. The van der Waals surface area contributed by atoms with Crippen LogP contribution in [0.25, 0.3) is 34.0 Å². The Balaban J connectivity index is 0.00000231. The molecule has 1 aliphatic rings. The average molecular weight is 524 g/mol. The summed E-state index contributed by atoms with van der Waals surface area (Å²) in [5, 5.41) is 6.23. The van der Waals surface area contributed by atoms with Crippen LogP contribution in [0.2, 0.25) is 0 Å². The largest absolute Gasteiger partial charge is 1.00 e. The van der Waals surface area contributed by atoms with Crippen molar-refractivity contribution in [2.24, 2.45) is 7.05 Å². The van der Waals surface area contributed by atoms with E-state index in [9.17, 15) is 0 Å². The van der Waals surface area contributed by atoms with Crippen LogP contribution in [0, 0.1) is 0 Å². The zero-order chi connectivity index (χ0) is 20.3. The number of halogens is 1. The Morgan fingerprint density at radius 1 is 1.00 bits per heavy atom. The molecule has 2 N–H and O–H groups in total. The third-order valence-electron chi connectivity index (χ3n) is 6.23. The van der Waals surface area contributed by atoms with Gasteiger partial charge in [0.2, 0.25) is 11.2 Å². The minimum absolute atomic E-state index is 0. The second-order valence-electron chi connectivity index (χ2n) is 8.16. The molecule has 0 saturated carbocycles. The Morgan fingerprint density at radius 2 is 1.74 bits per heavy atom. The molecule has 0 amide bonds. The summed E-state index contributed by atoms with van der Waals surface area (Å²) in [6.07, 6.45) is 9.18. The zero-order valence-corrected chi connectivity index (χ0v) is 20.1. The van der Waals surface area contributed by atoms with Crippen molar-refractivity contribution in [1.29, 1.82) is 0 Å². The summed E-state index contributed by atoms with van der Waals surface area (Å²) in [7, 11) is 2.14. The lowest BCUT2D eigenvalue weighted by molar-refractivity contribution is -0.646. The number of benzene rings is 2. The molecule has 5 heteroatoms. The molecule has 1 fully saturated rings. The van der Waals surface area contributed by atoms with Gasteiger partial charge in [-0.3, -0.25) is 0 Å². The molecule has 0 spiro atoms. The molecule has 0 bridgehead atoms. The van der Waals surface area contributed by atoms with Gasteiger partial charge in [-0.15, -0.1) is 0 Å². The highest BCUT2D eigenvalue weighted by Crippen LogP contribution is 2.24. The smallest absolute Gasteiger partial charge is 0.214 e. The van der Waals surface area contributed by atoms with Gasteiger partial charge in [-0.1, -0.05) is 30.3 Å². The fourth-order valence-electron chi connectivity index (χ4n) is 4.52. The summed E-state index contributed by atoms with van der Waals surface area (Å²) in [6.45, 7) is 4.56. The van der Waals surface area contributed by atoms with Crippen LogP contribution in [0.3, 0.4) is 0 Å². The number of hydrogen-bond donors (Lipinski definition) is 2. The first-order valence-electron chi connectivity index (χ1n) is 10.9. The van der Waals surface area contributed by atoms with Crippen molar-refractivity contribution >= 4 is 39.6 Å². The van der Waals surface area contributed by atoms with Crippen LogP contribution in [-0.2, 0) is 7.05 Å². The Kier molecular flexibility index (Phi) is 6.92. The molecule has 160 valence electrons. The second kappa shape index (κ2) is 9.83. The molecule has 31 heavy (non-hydrogen) atoms. The summed E-state index contributed by atoms with van der Waals surface area (Å²) in [6, 6.07) is 19.4. The molecule has 2 aromatic carbocycles. The number of H-pyrrole nitrogens is 1. The number of nitrogens with zero attached hydrogens (tertiary/aromatic N) is 2. The Morgan fingerprint density at radius 3 is 2.58 bits per heavy atom. The number of likely N-dealkylation sites (tertiary alicyclic amines) is 1. The van der Waals surface area contributed by atoms with Gasteiger partial charge in [-0.25, -0.2) is 0 Å². The highest BCUT2D eigenvalue weighted by atomic mass is 127. The first-order chi connectivity index (χ1) is 14.8. The molecular formula is C26H29IN4. The number of aromatic nitrogens is 2. The van der Waals surface area contributed by atoms with E-state index >= 15 is 0 Å². The van der Waals surface area contributed by atoms with E-state index in [1.165, 1.54) is 64.7 Å². The normalized spacial score (nSPS) is 14.5. The first-order valence-corrected chi connectivity index (χ1v) is 10.9. The highest BCUT2D eigenvalue weighted by molar-refractivity contribution is 5.93. The van der Waals surface area contributed by atoms with Crippen molar-refractivity contribution in [3.05, 3.63) is 72.1 Å². The van der Waals surface area contributed by atoms with Crippen molar-refractivity contribution in [3.63, 3.8) is 0 Å². The fraction of sp³-hybridized carbons (Fsp3) is 0.269. The van der Waals surface area contributed by atoms with Gasteiger partial charge in [0, 0.05) is 48.4 Å². The van der Waals surface area contributed by atoms with Gasteiger partial charge in [0.25, 0.3) is 0 Å². The van der Waals surface area contributed by atoms with Gasteiger partial charge in [0.15, 0.2) is 0 Å². The van der Waals surface area contributed by atoms with Gasteiger partial charge < -0.3 is 39.2 Å². The van der Waals surface area contributed by atoms with Crippen molar-refractivity contribution < 1.29 is 28.5 Å². The fourth-order valence-corrected chi connectivity index (χ4v) is 4.52. The Labute approximate surface area is 201 Å². The van der Waals surface area contributed by atoms with Gasteiger partial charge in [0.05, 0.1) is 11.1 Å². The minimum atomic E-state index is 0. The molecule has 1 saturated heterocycles. The topological polar surface area (TPSA) is 34.9 Å². The lowest BCUT2D eigenvalue weighted by Crippen LogP contribution is -3.00. The molecule has 0 radical (unpaired) electrons. The van der Waals surface area contributed by atoms with Crippen LogP contribution in [0.15, 0.2) is 60.8 Å². The maximum atomic E-state index is 3.71. The van der Waals surface area contributed by atoms with Gasteiger partial charge in [-0.2, -0.15) is 4.57 Å². The average Bonchev–Trinajstić information content (AvgIpc) is 3.45. The maximum Gasteiger partial charge on any atom is 0.214 e. The second-order valence-corrected chi connectivity index (χ2v) is 8.16. The predicted octanol–water partition coefficient (Wildman–Crippen LogP) is 1.83. The summed E-state index contributed by atoms with van der Waals surface area (Å²) < 4.78 is 2.27. The molecule has 0 atom stereocenters. The van der Waals surface area contributed by atoms with Crippen molar-refractivity contribution in [2.75, 3.05) is 31.5 Å². The standard InChI is InChI=1S/C26H28N4.HI/c1-29-21(13-12-20-19-28-24-10-4-2-8-22(20)24)18-25(23-9-3-5-11-26(23)29)27-14-17-30-15-6-7-16-30;/h2-5,8-13,18-19H,6-7,14-17H2,1H3,(H,27,28);1H. The van der Waals surface area contributed by atoms with Gasteiger partial charge in [-0.05, 0) is 49.7 Å². The van der Waals surface area contributed by atoms with E-state index in [0.717, 1.165) is 13.1 Å². The third kappa shape index (κ3) is 4.62. The summed E-state index contributed by atoms with van der Waals surface area (Å²) in [5.74, 6) is 0. The number of hydrogen-bond acceptors (Lipinski definition) is 2. The molecular weight excluding hydrogens is 495 g/mol. The summed E-state index contributed by atoms with van der Waals surface area (Å²) in [4.78, 5) is 5.91. The Bertz CT molecular complexity index is 1200. The highest BCUT2D eigenvalue weighted by Gasteiger charge is 2.15. The van der Waals surface area contributed by atoms with Crippen LogP contribution in [0.4, 0.5) is 5.69 Å². The molecule has 4 nitrogen and oxygen atoms in total. The zero-order valence-electron chi connectivity index (χ0n) is 17.9. The molecule has 4 aromatic rings. The minimum Gasteiger partial charge on any atom is -1.00 e. The van der Waals surface area contributed by atoms with E-state index in [2.05, 4.69) is 99.8 Å². The van der Waals surface area contributed by atoms with E-state index in [1.54, 1.807) is 0 Å². The van der Waals surface area contributed by atoms with E-state index < -0.39 is 0 Å². The SMILES string of the molecule is C[n+]1c(/C=C/c2c[nH]c3ccccc23)cc(NCCN2CCCC2)c2ccccc21.[I-]. The molecule has 2 aromatic heterocycles. The first kappa shape index (κ1) is 21.8. The molecule has 0 unspecified atom stereocenters. The van der Waals surface area contributed by atoms with Gasteiger partial charge >= 0.3 is 0 Å². The number of rotatable bonds is 6. The van der Waals surface area contributed by atoms with Crippen molar-refractivity contribution in [2.45, 2.75) is 12.8 Å². The van der Waals surface area contributed by atoms with E-state index in [1.807, 2.05) is 0 Å². The number of pyridine rings is 1. The van der Waals surface area contributed by atoms with Crippen LogP contribution < -0.4 is 33.9 Å². The number of anilines is 1. The molecule has 0 aliphatic carbocycles. The number of para-hydroxylation sites is 2. The van der Waals surface area contributed by atoms with Crippen molar-refractivity contribution in [3.8, 4) is 0 Å². The third-order valence-corrected chi connectivity index (χ3v) is 6.23. The predicted molar refractivity (Wildman–Crippen MR) is 127 cm³/mol. The lowest BCUT2D eigenvalue weighted by Gasteiger charge is -2.16.